The van der Waals surface area contributed by atoms with Crippen LogP contribution >= 0.6 is 0 Å². The van der Waals surface area contributed by atoms with Gasteiger partial charge in [-0.1, -0.05) is 12.1 Å². The molecule has 2 nitrogen and oxygen atoms in total. The number of nitrogens with two attached hydrogens (primary N) is 1. The Morgan fingerprint density at radius 2 is 2.08 bits per heavy atom. The lowest BCUT2D eigenvalue weighted by Gasteiger charge is -2.15. The summed E-state index contributed by atoms with van der Waals surface area (Å²) in [6.45, 7) is 3.27. The monoisotopic (exact) mass is 183 g/mol. The fourth-order valence-electron chi connectivity index (χ4n) is 1.09. The number of aryl methyl sites for hydroxylation is 1. The lowest BCUT2D eigenvalue weighted by atomic mass is 10.0. The standard InChI is InChI=1S/C10H14FNO/c1-6-3-4-8(5-9(6)11)10(12)7(2)13/h3-5,7,10,13H,12H2,1-2H3/t7-,10+/m0/s1. The highest BCUT2D eigenvalue weighted by Gasteiger charge is 2.12. The molecule has 0 aliphatic rings. The first-order chi connectivity index (χ1) is 6.02. The van der Waals surface area contributed by atoms with E-state index in [-0.39, 0.29) is 5.82 Å². The van der Waals surface area contributed by atoms with Crippen molar-refractivity contribution in [1.82, 2.24) is 0 Å². The summed E-state index contributed by atoms with van der Waals surface area (Å²) >= 11 is 0. The van der Waals surface area contributed by atoms with Crippen molar-refractivity contribution < 1.29 is 9.50 Å². The largest absolute Gasteiger partial charge is 0.391 e. The maximum absolute atomic E-state index is 13.1. The first kappa shape index (κ1) is 10.2. The molecule has 1 rings (SSSR count). The number of aliphatic hydroxyl groups excluding tert-OH is 1. The predicted octanol–water partition coefficient (Wildman–Crippen LogP) is 1.51. The van der Waals surface area contributed by atoms with Gasteiger partial charge in [0, 0.05) is 0 Å². The second-order valence-corrected chi connectivity index (χ2v) is 3.28. The van der Waals surface area contributed by atoms with Gasteiger partial charge in [0.25, 0.3) is 0 Å². The molecule has 0 saturated carbocycles. The van der Waals surface area contributed by atoms with Gasteiger partial charge in [-0.2, -0.15) is 0 Å². The fourth-order valence-corrected chi connectivity index (χ4v) is 1.09. The Bertz CT molecular complexity index is 299. The quantitative estimate of drug-likeness (QED) is 0.730. The predicted molar refractivity (Wildman–Crippen MR) is 49.7 cm³/mol. The van der Waals surface area contributed by atoms with Crippen LogP contribution in [0.15, 0.2) is 18.2 Å². The van der Waals surface area contributed by atoms with Gasteiger partial charge in [-0.15, -0.1) is 0 Å². The summed E-state index contributed by atoms with van der Waals surface area (Å²) in [6, 6.07) is 4.24. The highest BCUT2D eigenvalue weighted by atomic mass is 19.1. The highest BCUT2D eigenvalue weighted by Crippen LogP contribution is 2.17. The van der Waals surface area contributed by atoms with Gasteiger partial charge in [-0.05, 0) is 31.0 Å². The SMILES string of the molecule is Cc1ccc([C@H](N)[C@H](C)O)cc1F. The lowest BCUT2D eigenvalue weighted by Crippen LogP contribution is -2.23. The summed E-state index contributed by atoms with van der Waals surface area (Å²) in [7, 11) is 0. The molecule has 0 radical (unpaired) electrons. The Morgan fingerprint density at radius 3 is 2.54 bits per heavy atom. The normalized spacial score (nSPS) is 15.5. The number of rotatable bonds is 2. The Labute approximate surface area is 77.2 Å². The highest BCUT2D eigenvalue weighted by molar-refractivity contribution is 5.26. The molecule has 0 aliphatic heterocycles. The third kappa shape index (κ3) is 2.26. The van der Waals surface area contributed by atoms with Crippen molar-refractivity contribution >= 4 is 0 Å². The molecule has 2 atom stereocenters. The summed E-state index contributed by atoms with van der Waals surface area (Å²) in [5.41, 5.74) is 6.85. The van der Waals surface area contributed by atoms with Gasteiger partial charge in [-0.3, -0.25) is 0 Å². The molecule has 0 aliphatic carbocycles. The second-order valence-electron chi connectivity index (χ2n) is 3.28. The van der Waals surface area contributed by atoms with Crippen LogP contribution in [0.1, 0.15) is 24.1 Å². The summed E-state index contributed by atoms with van der Waals surface area (Å²) in [6.07, 6.45) is -0.665. The topological polar surface area (TPSA) is 46.2 Å². The van der Waals surface area contributed by atoms with Gasteiger partial charge in [0.1, 0.15) is 5.82 Å². The minimum absolute atomic E-state index is 0.284. The van der Waals surface area contributed by atoms with Gasteiger partial charge in [0.05, 0.1) is 12.1 Å². The van der Waals surface area contributed by atoms with Crippen LogP contribution in [-0.2, 0) is 0 Å². The summed E-state index contributed by atoms with van der Waals surface area (Å²) in [5, 5.41) is 9.19. The maximum Gasteiger partial charge on any atom is 0.126 e. The smallest absolute Gasteiger partial charge is 0.126 e. The molecular weight excluding hydrogens is 169 g/mol. The van der Waals surface area contributed by atoms with Crippen LogP contribution in [0.3, 0.4) is 0 Å². The zero-order valence-corrected chi connectivity index (χ0v) is 7.79. The van der Waals surface area contributed by atoms with E-state index in [1.54, 1.807) is 26.0 Å². The molecule has 1 aromatic carbocycles. The van der Waals surface area contributed by atoms with Crippen LogP contribution in [0.25, 0.3) is 0 Å². The van der Waals surface area contributed by atoms with Gasteiger partial charge < -0.3 is 10.8 Å². The van der Waals surface area contributed by atoms with Gasteiger partial charge in [-0.25, -0.2) is 4.39 Å². The average Bonchev–Trinajstić information content (AvgIpc) is 2.08. The second kappa shape index (κ2) is 3.85. The Morgan fingerprint density at radius 1 is 1.46 bits per heavy atom. The van der Waals surface area contributed by atoms with Crippen molar-refractivity contribution in [2.45, 2.75) is 26.0 Å². The van der Waals surface area contributed by atoms with Crippen molar-refractivity contribution in [1.29, 1.82) is 0 Å². The van der Waals surface area contributed by atoms with E-state index in [0.29, 0.717) is 11.1 Å². The zero-order chi connectivity index (χ0) is 10.0. The van der Waals surface area contributed by atoms with Crippen LogP contribution in [0, 0.1) is 12.7 Å². The Hall–Kier alpha value is -0.930. The molecule has 0 aromatic heterocycles. The Balaban J connectivity index is 2.97. The number of aliphatic hydroxyl groups is 1. The van der Waals surface area contributed by atoms with Crippen molar-refractivity contribution in [2.75, 3.05) is 0 Å². The molecule has 1 aromatic rings. The molecule has 0 heterocycles. The third-order valence-corrected chi connectivity index (χ3v) is 2.10. The van der Waals surface area contributed by atoms with E-state index in [1.165, 1.54) is 6.07 Å². The molecule has 72 valence electrons. The first-order valence-electron chi connectivity index (χ1n) is 4.22. The van der Waals surface area contributed by atoms with E-state index in [2.05, 4.69) is 0 Å². The third-order valence-electron chi connectivity index (χ3n) is 2.10. The van der Waals surface area contributed by atoms with Crippen LogP contribution < -0.4 is 5.73 Å². The molecule has 0 bridgehead atoms. The number of hydrogen-bond acceptors (Lipinski definition) is 2. The van der Waals surface area contributed by atoms with E-state index < -0.39 is 12.1 Å². The van der Waals surface area contributed by atoms with Crippen molar-refractivity contribution in [2.24, 2.45) is 5.73 Å². The molecule has 0 fully saturated rings. The first-order valence-corrected chi connectivity index (χ1v) is 4.22. The molecule has 0 amide bonds. The van der Waals surface area contributed by atoms with Crippen molar-refractivity contribution in [3.05, 3.63) is 35.1 Å². The van der Waals surface area contributed by atoms with Gasteiger partial charge in [0.2, 0.25) is 0 Å². The van der Waals surface area contributed by atoms with E-state index in [9.17, 15) is 9.50 Å². The average molecular weight is 183 g/mol. The van der Waals surface area contributed by atoms with Crippen LogP contribution in [0.4, 0.5) is 4.39 Å². The molecule has 0 unspecified atom stereocenters. The van der Waals surface area contributed by atoms with Crippen LogP contribution in [-0.4, -0.2) is 11.2 Å². The fraction of sp³-hybridized carbons (Fsp3) is 0.400. The van der Waals surface area contributed by atoms with Gasteiger partial charge >= 0.3 is 0 Å². The van der Waals surface area contributed by atoms with E-state index in [4.69, 9.17) is 5.73 Å². The Kier molecular flexibility index (Phi) is 3.01. The van der Waals surface area contributed by atoms with Gasteiger partial charge in [0.15, 0.2) is 0 Å². The van der Waals surface area contributed by atoms with Crippen molar-refractivity contribution in [3.63, 3.8) is 0 Å². The van der Waals surface area contributed by atoms with Crippen LogP contribution in [0.5, 0.6) is 0 Å². The van der Waals surface area contributed by atoms with E-state index >= 15 is 0 Å². The zero-order valence-electron chi connectivity index (χ0n) is 7.79. The molecular formula is C10H14FNO. The number of halogens is 1. The molecule has 0 spiro atoms. The van der Waals surface area contributed by atoms with Crippen molar-refractivity contribution in [3.8, 4) is 0 Å². The minimum Gasteiger partial charge on any atom is -0.391 e. The summed E-state index contributed by atoms with van der Waals surface area (Å²) in [5.74, 6) is -0.284. The molecule has 0 saturated heterocycles. The molecule has 13 heavy (non-hydrogen) atoms. The maximum atomic E-state index is 13.1. The van der Waals surface area contributed by atoms with Crippen LogP contribution in [0.2, 0.25) is 0 Å². The lowest BCUT2D eigenvalue weighted by molar-refractivity contribution is 0.164. The minimum atomic E-state index is -0.665. The summed E-state index contributed by atoms with van der Waals surface area (Å²) < 4.78 is 13.1. The molecule has 3 heteroatoms. The summed E-state index contributed by atoms with van der Waals surface area (Å²) in [4.78, 5) is 0. The molecule has 3 N–H and O–H groups in total. The van der Waals surface area contributed by atoms with E-state index in [1.807, 2.05) is 0 Å². The number of benzene rings is 1. The number of hydrogen-bond donors (Lipinski definition) is 2. The van der Waals surface area contributed by atoms with E-state index in [0.717, 1.165) is 0 Å².